The van der Waals surface area contributed by atoms with Crippen LogP contribution in [-0.2, 0) is 11.3 Å². The number of benzene rings is 1. The number of methoxy groups -OCH3 is 1. The Balaban J connectivity index is 2.02. The van der Waals surface area contributed by atoms with Crippen LogP contribution in [0, 0.1) is 0 Å². The Kier molecular flexibility index (Phi) is 6.16. The highest BCUT2D eigenvalue weighted by Gasteiger charge is 2.15. The monoisotopic (exact) mass is 362 g/mol. The van der Waals surface area contributed by atoms with E-state index < -0.39 is 5.97 Å². The lowest BCUT2D eigenvalue weighted by atomic mass is 10.1. The van der Waals surface area contributed by atoms with Crippen LogP contribution >= 0.6 is 0 Å². The molecule has 1 amide bonds. The number of nitrogens with one attached hydrogen (secondary N) is 1. The fraction of sp³-hybridized carbons (Fsp3) is 0.412. The van der Waals surface area contributed by atoms with Gasteiger partial charge in [0.1, 0.15) is 6.54 Å². The number of carbonyl (C=O) groups is 2. The summed E-state index contributed by atoms with van der Waals surface area (Å²) in [6, 6.07) is 5.17. The van der Waals surface area contributed by atoms with Crippen molar-refractivity contribution in [3.8, 4) is 11.5 Å². The molecule has 2 rings (SSSR count). The molecule has 0 aliphatic carbocycles. The Morgan fingerprint density at radius 3 is 2.58 bits per heavy atom. The number of aromatic nitrogens is 3. The first-order valence-electron chi connectivity index (χ1n) is 8.07. The Labute approximate surface area is 150 Å². The molecule has 2 N–H and O–H groups in total. The zero-order valence-corrected chi connectivity index (χ0v) is 15.1. The summed E-state index contributed by atoms with van der Waals surface area (Å²) >= 11 is 0. The van der Waals surface area contributed by atoms with Crippen LogP contribution in [0.4, 0.5) is 0 Å². The molecular weight excluding hydrogens is 340 g/mol. The summed E-state index contributed by atoms with van der Waals surface area (Å²) in [4.78, 5) is 22.9. The summed E-state index contributed by atoms with van der Waals surface area (Å²) in [5.41, 5.74) is 0.632. The van der Waals surface area contributed by atoms with Crippen molar-refractivity contribution < 1.29 is 24.2 Å². The number of carbonyl (C=O) groups excluding carboxylic acids is 1. The Morgan fingerprint density at radius 1 is 1.27 bits per heavy atom. The predicted molar refractivity (Wildman–Crippen MR) is 92.3 cm³/mol. The normalized spacial score (nSPS) is 11.9. The molecule has 0 saturated carbocycles. The van der Waals surface area contributed by atoms with Gasteiger partial charge in [-0.25, -0.2) is 9.48 Å². The van der Waals surface area contributed by atoms with Gasteiger partial charge < -0.3 is 19.9 Å². The maximum atomic E-state index is 12.1. The quantitative estimate of drug-likeness (QED) is 0.733. The van der Waals surface area contributed by atoms with Gasteiger partial charge in [0.15, 0.2) is 17.2 Å². The number of hydrogen-bond acceptors (Lipinski definition) is 6. The summed E-state index contributed by atoms with van der Waals surface area (Å²) in [6.45, 7) is 5.56. The molecule has 1 aromatic heterocycles. The summed E-state index contributed by atoms with van der Waals surface area (Å²) in [7, 11) is 1.56. The van der Waals surface area contributed by atoms with E-state index in [-0.39, 0.29) is 30.3 Å². The molecule has 0 fully saturated rings. The SMILES string of the molecule is COc1cc(C(C)NC(=O)Cn2cc(C(=O)O)nn2)ccc1OC(C)C. The molecular formula is C17H22N4O5. The van der Waals surface area contributed by atoms with E-state index in [1.807, 2.05) is 26.8 Å². The van der Waals surface area contributed by atoms with Crippen LogP contribution < -0.4 is 14.8 Å². The molecule has 140 valence electrons. The summed E-state index contributed by atoms with van der Waals surface area (Å²) in [5.74, 6) is -0.296. The molecule has 0 radical (unpaired) electrons. The number of rotatable bonds is 8. The number of ether oxygens (including phenoxy) is 2. The molecule has 0 spiro atoms. The zero-order chi connectivity index (χ0) is 19.3. The molecule has 1 aromatic carbocycles. The third-order valence-electron chi connectivity index (χ3n) is 3.49. The molecule has 1 atom stereocenters. The lowest BCUT2D eigenvalue weighted by Gasteiger charge is -2.18. The van der Waals surface area contributed by atoms with Crippen molar-refractivity contribution in [2.75, 3.05) is 7.11 Å². The first-order chi connectivity index (χ1) is 12.3. The maximum Gasteiger partial charge on any atom is 0.358 e. The van der Waals surface area contributed by atoms with Crippen molar-refractivity contribution in [1.82, 2.24) is 20.3 Å². The van der Waals surface area contributed by atoms with E-state index in [0.717, 1.165) is 5.56 Å². The summed E-state index contributed by atoms with van der Waals surface area (Å²) in [5, 5.41) is 18.7. The first-order valence-corrected chi connectivity index (χ1v) is 8.07. The van der Waals surface area contributed by atoms with Gasteiger partial charge in [-0.3, -0.25) is 4.79 Å². The van der Waals surface area contributed by atoms with E-state index in [1.165, 1.54) is 10.9 Å². The molecule has 1 heterocycles. The van der Waals surface area contributed by atoms with Gasteiger partial charge in [0, 0.05) is 0 Å². The first kappa shape index (κ1) is 19.2. The summed E-state index contributed by atoms with van der Waals surface area (Å²) < 4.78 is 12.2. The maximum absolute atomic E-state index is 12.1. The van der Waals surface area contributed by atoms with E-state index in [2.05, 4.69) is 15.6 Å². The fourth-order valence-corrected chi connectivity index (χ4v) is 2.30. The average molecular weight is 362 g/mol. The van der Waals surface area contributed by atoms with Crippen LogP contribution in [0.3, 0.4) is 0 Å². The largest absolute Gasteiger partial charge is 0.493 e. The molecule has 9 nitrogen and oxygen atoms in total. The number of amides is 1. The van der Waals surface area contributed by atoms with Gasteiger partial charge in [-0.15, -0.1) is 5.10 Å². The van der Waals surface area contributed by atoms with Crippen molar-refractivity contribution >= 4 is 11.9 Å². The number of carboxylic acids is 1. The lowest BCUT2D eigenvalue weighted by molar-refractivity contribution is -0.122. The van der Waals surface area contributed by atoms with Gasteiger partial charge in [-0.2, -0.15) is 0 Å². The summed E-state index contributed by atoms with van der Waals surface area (Å²) in [6.07, 6.45) is 1.22. The highest BCUT2D eigenvalue weighted by Crippen LogP contribution is 2.31. The van der Waals surface area contributed by atoms with Gasteiger partial charge >= 0.3 is 5.97 Å². The fourth-order valence-electron chi connectivity index (χ4n) is 2.30. The third-order valence-corrected chi connectivity index (χ3v) is 3.49. The number of aromatic carboxylic acids is 1. The second kappa shape index (κ2) is 8.32. The van der Waals surface area contributed by atoms with E-state index >= 15 is 0 Å². The second-order valence-electron chi connectivity index (χ2n) is 5.97. The smallest absolute Gasteiger partial charge is 0.358 e. The van der Waals surface area contributed by atoms with Gasteiger partial charge in [-0.1, -0.05) is 11.3 Å². The van der Waals surface area contributed by atoms with Crippen molar-refractivity contribution in [2.24, 2.45) is 0 Å². The van der Waals surface area contributed by atoms with Crippen molar-refractivity contribution in [3.63, 3.8) is 0 Å². The standard InChI is InChI=1S/C17H22N4O5/c1-10(2)26-14-6-5-12(7-15(14)25-4)11(3)18-16(22)9-21-8-13(17(23)24)19-20-21/h5-8,10-11H,9H2,1-4H3,(H,18,22)(H,23,24). The Hall–Kier alpha value is -3.10. The number of nitrogens with zero attached hydrogens (tertiary/aromatic N) is 3. The highest BCUT2D eigenvalue weighted by molar-refractivity contribution is 5.84. The zero-order valence-electron chi connectivity index (χ0n) is 15.1. The Bertz CT molecular complexity index is 787. The molecule has 26 heavy (non-hydrogen) atoms. The van der Waals surface area contributed by atoms with Crippen molar-refractivity contribution in [1.29, 1.82) is 0 Å². The topological polar surface area (TPSA) is 116 Å². The molecule has 0 saturated heterocycles. The van der Waals surface area contributed by atoms with Crippen LogP contribution in [0.5, 0.6) is 11.5 Å². The number of hydrogen-bond donors (Lipinski definition) is 2. The molecule has 0 aliphatic heterocycles. The molecule has 2 aromatic rings. The van der Waals surface area contributed by atoms with Crippen LogP contribution in [0.25, 0.3) is 0 Å². The van der Waals surface area contributed by atoms with Crippen LogP contribution in [0.1, 0.15) is 42.9 Å². The van der Waals surface area contributed by atoms with E-state index in [4.69, 9.17) is 14.6 Å². The number of carboxylic acid groups (broad SMARTS) is 1. The van der Waals surface area contributed by atoms with Crippen LogP contribution in [-0.4, -0.2) is 45.2 Å². The van der Waals surface area contributed by atoms with Gasteiger partial charge in [0.2, 0.25) is 5.91 Å². The second-order valence-corrected chi connectivity index (χ2v) is 5.97. The minimum absolute atomic E-state index is 0.0187. The minimum atomic E-state index is -1.19. The average Bonchev–Trinajstić information content (AvgIpc) is 3.03. The minimum Gasteiger partial charge on any atom is -0.493 e. The van der Waals surface area contributed by atoms with Crippen molar-refractivity contribution in [2.45, 2.75) is 39.5 Å². The van der Waals surface area contributed by atoms with Crippen molar-refractivity contribution in [3.05, 3.63) is 35.7 Å². The third kappa shape index (κ3) is 4.95. The predicted octanol–water partition coefficient (Wildman–Crippen LogP) is 1.65. The van der Waals surface area contributed by atoms with Crippen LogP contribution in [0.2, 0.25) is 0 Å². The molecule has 0 aliphatic rings. The Morgan fingerprint density at radius 2 is 2.00 bits per heavy atom. The lowest BCUT2D eigenvalue weighted by Crippen LogP contribution is -2.30. The molecule has 0 bridgehead atoms. The van der Waals surface area contributed by atoms with Gasteiger partial charge in [0.25, 0.3) is 0 Å². The van der Waals surface area contributed by atoms with Gasteiger partial charge in [-0.05, 0) is 38.5 Å². The van der Waals surface area contributed by atoms with E-state index in [1.54, 1.807) is 19.2 Å². The molecule has 1 unspecified atom stereocenters. The highest BCUT2D eigenvalue weighted by atomic mass is 16.5. The van der Waals surface area contributed by atoms with Crippen LogP contribution in [0.15, 0.2) is 24.4 Å². The molecule has 9 heteroatoms. The van der Waals surface area contributed by atoms with E-state index in [9.17, 15) is 9.59 Å². The van der Waals surface area contributed by atoms with E-state index in [0.29, 0.717) is 11.5 Å². The van der Waals surface area contributed by atoms with Gasteiger partial charge in [0.05, 0.1) is 25.5 Å².